The van der Waals surface area contributed by atoms with E-state index >= 15 is 0 Å². The molecule has 3 N–H and O–H groups in total. The van der Waals surface area contributed by atoms with Crippen molar-refractivity contribution in [2.24, 2.45) is 0 Å². The fraction of sp³-hybridized carbons (Fsp3) is 0.417. The second-order valence-corrected chi connectivity index (χ2v) is 8.58. The lowest BCUT2D eigenvalue weighted by atomic mass is 9.77. The maximum Gasteiger partial charge on any atom is 0.411 e. The zero-order valence-electron chi connectivity index (χ0n) is 17.9. The number of methoxy groups -OCH3 is 1. The summed E-state index contributed by atoms with van der Waals surface area (Å²) in [5.41, 5.74) is 3.19. The van der Waals surface area contributed by atoms with Gasteiger partial charge in [-0.05, 0) is 68.0 Å². The van der Waals surface area contributed by atoms with E-state index in [1.165, 1.54) is 0 Å². The van der Waals surface area contributed by atoms with Crippen LogP contribution in [0.2, 0.25) is 0 Å². The van der Waals surface area contributed by atoms with Gasteiger partial charge < -0.3 is 19.9 Å². The summed E-state index contributed by atoms with van der Waals surface area (Å²) in [6, 6.07) is 10.8. The van der Waals surface area contributed by atoms with Crippen molar-refractivity contribution in [3.8, 4) is 5.75 Å². The zero-order valence-corrected chi connectivity index (χ0v) is 17.9. The molecule has 4 rings (SSSR count). The molecule has 2 aliphatic rings. The van der Waals surface area contributed by atoms with Gasteiger partial charge in [-0.3, -0.25) is 5.32 Å². The summed E-state index contributed by atoms with van der Waals surface area (Å²) in [4.78, 5) is 24.1. The first kappa shape index (κ1) is 21.0. The molecule has 1 aliphatic heterocycles. The van der Waals surface area contributed by atoms with Crippen molar-refractivity contribution < 1.29 is 24.2 Å². The fourth-order valence-electron chi connectivity index (χ4n) is 4.65. The molecule has 1 aliphatic carbocycles. The third-order valence-electron chi connectivity index (χ3n) is 6.31. The Balaban J connectivity index is 1.58. The zero-order chi connectivity index (χ0) is 22.0. The predicted octanol–water partition coefficient (Wildman–Crippen LogP) is 4.81. The number of benzene rings is 2. The normalized spacial score (nSPS) is 20.1. The Morgan fingerprint density at radius 3 is 2.71 bits per heavy atom. The lowest BCUT2D eigenvalue weighted by Crippen LogP contribution is -2.28. The third-order valence-corrected chi connectivity index (χ3v) is 6.31. The molecule has 2 aromatic rings. The molecule has 31 heavy (non-hydrogen) atoms. The Morgan fingerprint density at radius 1 is 1.23 bits per heavy atom. The average molecular weight is 424 g/mol. The lowest BCUT2D eigenvalue weighted by molar-refractivity contribution is 0.0694. The quantitative estimate of drug-likeness (QED) is 0.616. The number of rotatable bonds is 6. The van der Waals surface area contributed by atoms with Gasteiger partial charge in [0.25, 0.3) is 0 Å². The number of carbonyl (C=O) groups is 2. The summed E-state index contributed by atoms with van der Waals surface area (Å²) >= 11 is 0. The molecule has 1 unspecified atom stereocenters. The van der Waals surface area contributed by atoms with Crippen molar-refractivity contribution in [3.05, 3.63) is 53.1 Å². The van der Waals surface area contributed by atoms with Crippen LogP contribution in [-0.2, 0) is 16.6 Å². The number of hydrogen-bond acceptors (Lipinski definition) is 5. The van der Waals surface area contributed by atoms with Gasteiger partial charge in [0.05, 0.1) is 12.7 Å². The second kappa shape index (κ2) is 8.49. The van der Waals surface area contributed by atoms with Crippen LogP contribution in [0.5, 0.6) is 5.75 Å². The van der Waals surface area contributed by atoms with E-state index in [-0.39, 0.29) is 17.1 Å². The first-order valence-corrected chi connectivity index (χ1v) is 10.6. The van der Waals surface area contributed by atoms with Gasteiger partial charge in [-0.25, -0.2) is 9.59 Å². The largest absolute Gasteiger partial charge is 0.496 e. The van der Waals surface area contributed by atoms with E-state index in [9.17, 15) is 14.7 Å². The van der Waals surface area contributed by atoms with E-state index < -0.39 is 12.1 Å². The van der Waals surface area contributed by atoms with Crippen molar-refractivity contribution in [2.45, 2.75) is 50.5 Å². The highest BCUT2D eigenvalue weighted by molar-refractivity contribution is 5.90. The highest BCUT2D eigenvalue weighted by Gasteiger charge is 2.37. The monoisotopic (exact) mass is 424 g/mol. The van der Waals surface area contributed by atoms with Crippen LogP contribution >= 0.6 is 0 Å². The van der Waals surface area contributed by atoms with Crippen molar-refractivity contribution >= 4 is 23.4 Å². The Labute approximate surface area is 181 Å². The minimum atomic E-state index is -0.978. The molecule has 1 heterocycles. The molecule has 1 fully saturated rings. The third kappa shape index (κ3) is 4.31. The van der Waals surface area contributed by atoms with Crippen LogP contribution < -0.4 is 15.4 Å². The first-order chi connectivity index (χ1) is 14.9. The van der Waals surface area contributed by atoms with Gasteiger partial charge in [0.1, 0.15) is 11.9 Å². The minimum absolute atomic E-state index is 0.00125. The number of carboxylic acids is 1. The van der Waals surface area contributed by atoms with E-state index in [2.05, 4.69) is 17.6 Å². The SMILES string of the molecule is COc1cccc(C(=O)O)c1CC1(C)CNc2ccc(NC(=O)OC3CCCC3)cc21. The van der Waals surface area contributed by atoms with Gasteiger partial charge in [-0.15, -0.1) is 0 Å². The number of carbonyl (C=O) groups excluding carboxylic acids is 1. The van der Waals surface area contributed by atoms with Gasteiger partial charge in [0, 0.05) is 28.9 Å². The molecule has 0 aromatic heterocycles. The number of nitrogens with one attached hydrogen (secondary N) is 2. The van der Waals surface area contributed by atoms with E-state index in [1.807, 2.05) is 18.2 Å². The molecular formula is C24H28N2O5. The predicted molar refractivity (Wildman–Crippen MR) is 118 cm³/mol. The standard InChI is InChI=1S/C24H28N2O5/c1-24(13-18-17(22(27)28)8-5-9-21(18)30-2)14-25-20-11-10-15(12-19(20)24)26-23(29)31-16-6-3-4-7-16/h5,8-12,16,25H,3-4,6-7,13-14H2,1-2H3,(H,26,29)(H,27,28). The smallest absolute Gasteiger partial charge is 0.411 e. The van der Waals surface area contributed by atoms with Gasteiger partial charge in [0.15, 0.2) is 0 Å². The number of hydrogen-bond donors (Lipinski definition) is 3. The van der Waals surface area contributed by atoms with Crippen LogP contribution in [-0.4, -0.2) is 36.9 Å². The van der Waals surface area contributed by atoms with Crippen molar-refractivity contribution in [2.75, 3.05) is 24.3 Å². The van der Waals surface area contributed by atoms with Crippen molar-refractivity contribution in [3.63, 3.8) is 0 Å². The molecule has 7 heteroatoms. The number of carboxylic acid groups (broad SMARTS) is 1. The number of fused-ring (bicyclic) bond motifs is 1. The van der Waals surface area contributed by atoms with Crippen LogP contribution in [0.4, 0.5) is 16.2 Å². The summed E-state index contributed by atoms with van der Waals surface area (Å²) in [5, 5.41) is 15.9. The Kier molecular flexibility index (Phi) is 5.76. The summed E-state index contributed by atoms with van der Waals surface area (Å²) in [7, 11) is 1.55. The highest BCUT2D eigenvalue weighted by Crippen LogP contribution is 2.42. The summed E-state index contributed by atoms with van der Waals surface area (Å²) in [6.45, 7) is 2.74. The van der Waals surface area contributed by atoms with Crippen LogP contribution in [0, 0.1) is 0 Å². The van der Waals surface area contributed by atoms with E-state index in [1.54, 1.807) is 25.3 Å². The average Bonchev–Trinajstić information content (AvgIpc) is 3.36. The van der Waals surface area contributed by atoms with Crippen molar-refractivity contribution in [1.29, 1.82) is 0 Å². The molecule has 1 amide bonds. The van der Waals surface area contributed by atoms with Gasteiger partial charge in [0.2, 0.25) is 0 Å². The topological polar surface area (TPSA) is 96.9 Å². The Hall–Kier alpha value is -3.22. The molecule has 1 atom stereocenters. The number of anilines is 2. The van der Waals surface area contributed by atoms with Crippen LogP contribution in [0.25, 0.3) is 0 Å². The first-order valence-electron chi connectivity index (χ1n) is 10.6. The molecule has 0 spiro atoms. The fourth-order valence-corrected chi connectivity index (χ4v) is 4.65. The molecule has 1 saturated carbocycles. The Morgan fingerprint density at radius 2 is 2.00 bits per heavy atom. The number of amides is 1. The second-order valence-electron chi connectivity index (χ2n) is 8.58. The number of aromatic carboxylic acids is 1. The summed E-state index contributed by atoms with van der Waals surface area (Å²) < 4.78 is 11.0. The van der Waals surface area contributed by atoms with Crippen molar-refractivity contribution in [1.82, 2.24) is 0 Å². The Bertz CT molecular complexity index is 999. The maximum atomic E-state index is 12.3. The van der Waals surface area contributed by atoms with E-state index in [0.717, 1.165) is 36.9 Å². The van der Waals surface area contributed by atoms with E-state index in [0.29, 0.717) is 30.0 Å². The van der Waals surface area contributed by atoms with Crippen LogP contribution in [0.1, 0.15) is 54.1 Å². The highest BCUT2D eigenvalue weighted by atomic mass is 16.6. The van der Waals surface area contributed by atoms with Gasteiger partial charge in [-0.2, -0.15) is 0 Å². The van der Waals surface area contributed by atoms with E-state index in [4.69, 9.17) is 9.47 Å². The van der Waals surface area contributed by atoms with Crippen LogP contribution in [0.15, 0.2) is 36.4 Å². The van der Waals surface area contributed by atoms with Gasteiger partial charge >= 0.3 is 12.1 Å². The summed E-state index contributed by atoms with van der Waals surface area (Å²) in [6.07, 6.45) is 4.09. The van der Waals surface area contributed by atoms with Crippen LogP contribution in [0.3, 0.4) is 0 Å². The molecule has 0 bridgehead atoms. The summed E-state index contributed by atoms with van der Waals surface area (Å²) in [5.74, 6) is -0.419. The molecule has 0 saturated heterocycles. The van der Waals surface area contributed by atoms with Gasteiger partial charge in [-0.1, -0.05) is 13.0 Å². The molecule has 2 aromatic carbocycles. The number of ether oxygens (including phenoxy) is 2. The lowest BCUT2D eigenvalue weighted by Gasteiger charge is -2.26. The molecular weight excluding hydrogens is 396 g/mol. The molecule has 0 radical (unpaired) electrons. The minimum Gasteiger partial charge on any atom is -0.496 e. The molecule has 7 nitrogen and oxygen atoms in total. The maximum absolute atomic E-state index is 12.3. The molecule has 164 valence electrons.